The number of aromatic nitrogens is 1. The standard InChI is InChI=1S/C34H29Cl2N3O5S/c35-25-8-1-21(2-9-25)33(22-3-10-26(36)11-4-22)24-7-14-30-29(19-24)31(20-32(40)38-30)37-27-15-17-39(18-16-27)45(43,44)28-12-5-23(6-13-28)34(41)42/h1-14,19-20,27,33H,15-18H2,(H,41,42)(H2,37,38,40). The lowest BCUT2D eigenvalue weighted by Crippen LogP contribution is -2.42. The Labute approximate surface area is 270 Å². The van der Waals surface area contributed by atoms with Gasteiger partial charge in [0.2, 0.25) is 15.6 Å². The molecule has 1 saturated heterocycles. The molecule has 0 aliphatic carbocycles. The van der Waals surface area contributed by atoms with E-state index in [1.54, 1.807) is 6.07 Å². The Bertz CT molecular complexity index is 1980. The fourth-order valence-corrected chi connectivity index (χ4v) is 7.56. The van der Waals surface area contributed by atoms with Crippen LogP contribution in [0.5, 0.6) is 0 Å². The molecule has 6 rings (SSSR count). The number of hydrogen-bond acceptors (Lipinski definition) is 5. The van der Waals surface area contributed by atoms with Crippen molar-refractivity contribution in [2.45, 2.75) is 29.7 Å². The zero-order chi connectivity index (χ0) is 31.7. The minimum atomic E-state index is -3.77. The Kier molecular flexibility index (Phi) is 8.70. The molecule has 11 heteroatoms. The summed E-state index contributed by atoms with van der Waals surface area (Å²) in [6.07, 6.45) is 1.05. The first-order valence-electron chi connectivity index (χ1n) is 14.4. The van der Waals surface area contributed by atoms with Crippen LogP contribution in [0.2, 0.25) is 10.0 Å². The van der Waals surface area contributed by atoms with Gasteiger partial charge in [-0.05, 0) is 90.2 Å². The first-order valence-corrected chi connectivity index (χ1v) is 16.6. The van der Waals surface area contributed by atoms with E-state index in [1.165, 1.54) is 28.6 Å². The molecule has 5 aromatic rings. The number of halogens is 2. The van der Waals surface area contributed by atoms with Crippen molar-refractivity contribution >= 4 is 55.8 Å². The van der Waals surface area contributed by atoms with E-state index in [0.29, 0.717) is 34.1 Å². The van der Waals surface area contributed by atoms with Gasteiger partial charge in [0.1, 0.15) is 0 Å². The molecule has 1 aliphatic rings. The second-order valence-electron chi connectivity index (χ2n) is 11.0. The van der Waals surface area contributed by atoms with Crippen LogP contribution in [0.15, 0.2) is 107 Å². The molecule has 8 nitrogen and oxygen atoms in total. The minimum absolute atomic E-state index is 0.0257. The molecule has 2 heterocycles. The number of carboxylic acid groups (broad SMARTS) is 1. The van der Waals surface area contributed by atoms with Gasteiger partial charge in [-0.1, -0.05) is 53.5 Å². The van der Waals surface area contributed by atoms with Crippen LogP contribution in [0.3, 0.4) is 0 Å². The third kappa shape index (κ3) is 6.62. The maximum absolute atomic E-state index is 13.2. The second kappa shape index (κ2) is 12.7. The summed E-state index contributed by atoms with van der Waals surface area (Å²) in [6, 6.07) is 28.1. The minimum Gasteiger partial charge on any atom is -0.478 e. The summed E-state index contributed by atoms with van der Waals surface area (Å²) < 4.78 is 27.9. The monoisotopic (exact) mass is 661 g/mol. The lowest BCUT2D eigenvalue weighted by molar-refractivity contribution is 0.0696. The molecule has 0 radical (unpaired) electrons. The van der Waals surface area contributed by atoms with E-state index in [9.17, 15) is 18.0 Å². The fraction of sp³-hybridized carbons (Fsp3) is 0.176. The number of aromatic amines is 1. The second-order valence-corrected chi connectivity index (χ2v) is 13.9. The fourth-order valence-electron chi connectivity index (χ4n) is 5.84. The quantitative estimate of drug-likeness (QED) is 0.154. The lowest BCUT2D eigenvalue weighted by atomic mass is 9.84. The Morgan fingerprint density at radius 3 is 1.93 bits per heavy atom. The van der Waals surface area contributed by atoms with Crippen molar-refractivity contribution in [3.05, 3.63) is 140 Å². The molecule has 0 saturated carbocycles. The number of nitrogens with zero attached hydrogens (tertiary/aromatic N) is 1. The van der Waals surface area contributed by atoms with Crippen LogP contribution in [0.1, 0.15) is 45.8 Å². The molecule has 1 aliphatic heterocycles. The van der Waals surface area contributed by atoms with Crippen LogP contribution in [-0.4, -0.2) is 47.9 Å². The van der Waals surface area contributed by atoms with Crippen LogP contribution < -0.4 is 10.9 Å². The Balaban J connectivity index is 1.27. The number of pyridine rings is 1. The van der Waals surface area contributed by atoms with Gasteiger partial charge in [0, 0.05) is 52.2 Å². The Hall–Kier alpha value is -4.15. The SMILES string of the molecule is O=C(O)c1ccc(S(=O)(=O)N2CCC(Nc3cc(=O)[nH]c4ccc(C(c5ccc(Cl)cc5)c5ccc(Cl)cc5)cc34)CC2)cc1. The molecule has 0 atom stereocenters. The average Bonchev–Trinajstić information content (AvgIpc) is 3.03. The van der Waals surface area contributed by atoms with Gasteiger partial charge in [0.25, 0.3) is 0 Å². The summed E-state index contributed by atoms with van der Waals surface area (Å²) in [5.74, 6) is -1.24. The van der Waals surface area contributed by atoms with E-state index in [1.807, 2.05) is 60.7 Å². The summed E-state index contributed by atoms with van der Waals surface area (Å²) in [6.45, 7) is 0.560. The van der Waals surface area contributed by atoms with Crippen molar-refractivity contribution in [2.24, 2.45) is 0 Å². The molecular weight excluding hydrogens is 633 g/mol. The largest absolute Gasteiger partial charge is 0.478 e. The predicted molar refractivity (Wildman–Crippen MR) is 177 cm³/mol. The highest BCUT2D eigenvalue weighted by Crippen LogP contribution is 2.36. The van der Waals surface area contributed by atoms with Gasteiger partial charge < -0.3 is 15.4 Å². The zero-order valence-corrected chi connectivity index (χ0v) is 26.2. The van der Waals surface area contributed by atoms with Crippen molar-refractivity contribution in [3.8, 4) is 0 Å². The highest BCUT2D eigenvalue weighted by atomic mass is 35.5. The smallest absolute Gasteiger partial charge is 0.335 e. The van der Waals surface area contributed by atoms with Gasteiger partial charge in [-0.2, -0.15) is 4.31 Å². The number of aromatic carboxylic acids is 1. The van der Waals surface area contributed by atoms with Crippen molar-refractivity contribution in [3.63, 3.8) is 0 Å². The topological polar surface area (TPSA) is 120 Å². The van der Waals surface area contributed by atoms with Gasteiger partial charge in [-0.3, -0.25) is 4.79 Å². The molecule has 0 bridgehead atoms. The van der Waals surface area contributed by atoms with E-state index >= 15 is 0 Å². The molecule has 0 amide bonds. The number of piperidine rings is 1. The first kappa shape index (κ1) is 30.9. The van der Waals surface area contributed by atoms with Gasteiger partial charge >= 0.3 is 5.97 Å². The highest BCUT2D eigenvalue weighted by Gasteiger charge is 2.30. The molecule has 0 spiro atoms. The Morgan fingerprint density at radius 1 is 0.822 bits per heavy atom. The van der Waals surface area contributed by atoms with Gasteiger partial charge in [0.05, 0.1) is 16.0 Å². The number of benzene rings is 4. The predicted octanol–water partition coefficient (Wildman–Crippen LogP) is 6.98. The molecule has 3 N–H and O–H groups in total. The third-order valence-electron chi connectivity index (χ3n) is 8.16. The van der Waals surface area contributed by atoms with Gasteiger partial charge in [-0.25, -0.2) is 13.2 Å². The van der Waals surface area contributed by atoms with Gasteiger partial charge in [0.15, 0.2) is 0 Å². The molecule has 1 aromatic heterocycles. The van der Waals surface area contributed by atoms with Crippen molar-refractivity contribution in [1.29, 1.82) is 0 Å². The van der Waals surface area contributed by atoms with E-state index in [2.05, 4.69) is 16.4 Å². The number of rotatable bonds is 8. The van der Waals surface area contributed by atoms with Crippen LogP contribution in [0, 0.1) is 0 Å². The van der Waals surface area contributed by atoms with E-state index in [4.69, 9.17) is 28.3 Å². The molecular formula is C34H29Cl2N3O5S. The molecule has 0 unspecified atom stereocenters. The van der Waals surface area contributed by atoms with Crippen LogP contribution in [0.25, 0.3) is 10.9 Å². The summed E-state index contributed by atoms with van der Waals surface area (Å²) in [4.78, 5) is 26.8. The van der Waals surface area contributed by atoms with E-state index < -0.39 is 16.0 Å². The lowest BCUT2D eigenvalue weighted by Gasteiger charge is -2.32. The van der Waals surface area contributed by atoms with Crippen LogP contribution >= 0.6 is 23.2 Å². The zero-order valence-electron chi connectivity index (χ0n) is 23.9. The normalized spacial score (nSPS) is 14.6. The summed E-state index contributed by atoms with van der Waals surface area (Å²) in [5, 5.41) is 14.8. The number of H-pyrrole nitrogens is 1. The summed E-state index contributed by atoms with van der Waals surface area (Å²) >= 11 is 12.4. The third-order valence-corrected chi connectivity index (χ3v) is 10.6. The number of anilines is 1. The molecule has 1 fully saturated rings. The van der Waals surface area contributed by atoms with Crippen LogP contribution in [-0.2, 0) is 10.0 Å². The average molecular weight is 663 g/mol. The first-order chi connectivity index (χ1) is 21.6. The van der Waals surface area contributed by atoms with Crippen molar-refractivity contribution in [1.82, 2.24) is 9.29 Å². The number of hydrogen-bond donors (Lipinski definition) is 3. The maximum atomic E-state index is 13.2. The number of nitrogens with one attached hydrogen (secondary N) is 2. The summed E-state index contributed by atoms with van der Waals surface area (Å²) in [5.41, 5.74) is 4.25. The van der Waals surface area contributed by atoms with Crippen molar-refractivity contribution in [2.75, 3.05) is 18.4 Å². The number of sulfonamides is 1. The van der Waals surface area contributed by atoms with E-state index in [-0.39, 0.29) is 41.1 Å². The summed E-state index contributed by atoms with van der Waals surface area (Å²) in [7, 11) is -3.77. The molecule has 45 heavy (non-hydrogen) atoms. The molecule has 230 valence electrons. The van der Waals surface area contributed by atoms with Crippen molar-refractivity contribution < 1.29 is 18.3 Å². The maximum Gasteiger partial charge on any atom is 0.335 e. The van der Waals surface area contributed by atoms with Crippen LogP contribution in [0.4, 0.5) is 5.69 Å². The van der Waals surface area contributed by atoms with E-state index in [0.717, 1.165) is 22.1 Å². The highest BCUT2D eigenvalue weighted by molar-refractivity contribution is 7.89. The molecule has 4 aromatic carbocycles. The Morgan fingerprint density at radius 2 is 1.38 bits per heavy atom. The number of carboxylic acids is 1. The number of fused-ring (bicyclic) bond motifs is 1. The number of carbonyl (C=O) groups is 1. The van der Waals surface area contributed by atoms with Gasteiger partial charge in [-0.15, -0.1) is 0 Å².